The molecule has 0 saturated carbocycles. The van der Waals surface area contributed by atoms with E-state index in [9.17, 15) is 0 Å². The highest BCUT2D eigenvalue weighted by atomic mass is 16.5. The van der Waals surface area contributed by atoms with E-state index in [0.29, 0.717) is 6.54 Å². The molecule has 3 aromatic rings. The van der Waals surface area contributed by atoms with Crippen molar-refractivity contribution in [2.24, 2.45) is 5.73 Å². The fourth-order valence-electron chi connectivity index (χ4n) is 2.17. The summed E-state index contributed by atoms with van der Waals surface area (Å²) in [7, 11) is 1.63. The van der Waals surface area contributed by atoms with Gasteiger partial charge in [0, 0.05) is 30.6 Å². The van der Waals surface area contributed by atoms with Crippen LogP contribution in [0.2, 0.25) is 0 Å². The number of ether oxygens (including phenoxy) is 1. The normalized spacial score (nSPS) is 10.6. The molecule has 0 atom stereocenters. The van der Waals surface area contributed by atoms with Crippen molar-refractivity contribution in [2.45, 2.75) is 6.54 Å². The van der Waals surface area contributed by atoms with Crippen molar-refractivity contribution in [3.05, 3.63) is 54.5 Å². The lowest BCUT2D eigenvalue weighted by Gasteiger charge is -2.09. The van der Waals surface area contributed by atoms with E-state index in [-0.39, 0.29) is 0 Å². The van der Waals surface area contributed by atoms with Crippen LogP contribution < -0.4 is 10.5 Å². The molecule has 2 heterocycles. The molecule has 2 aromatic heterocycles. The Labute approximate surface area is 122 Å². The van der Waals surface area contributed by atoms with Crippen molar-refractivity contribution in [1.82, 2.24) is 20.0 Å². The summed E-state index contributed by atoms with van der Waals surface area (Å²) >= 11 is 0. The summed E-state index contributed by atoms with van der Waals surface area (Å²) < 4.78 is 7.02. The number of nitrogens with zero attached hydrogens (tertiary/aromatic N) is 4. The minimum absolute atomic E-state index is 0.321. The van der Waals surface area contributed by atoms with Crippen LogP contribution in [0.4, 0.5) is 0 Å². The Morgan fingerprint density at radius 1 is 1.19 bits per heavy atom. The Morgan fingerprint density at radius 2 is 2.00 bits per heavy atom. The van der Waals surface area contributed by atoms with Crippen LogP contribution in [0.5, 0.6) is 5.75 Å². The maximum absolute atomic E-state index is 5.78. The third kappa shape index (κ3) is 2.48. The summed E-state index contributed by atoms with van der Waals surface area (Å²) in [5.74, 6) is 0.762. The van der Waals surface area contributed by atoms with Gasteiger partial charge in [0.1, 0.15) is 11.4 Å². The van der Waals surface area contributed by atoms with E-state index in [4.69, 9.17) is 10.5 Å². The van der Waals surface area contributed by atoms with E-state index >= 15 is 0 Å². The van der Waals surface area contributed by atoms with E-state index in [1.165, 1.54) is 0 Å². The van der Waals surface area contributed by atoms with E-state index in [0.717, 1.165) is 28.4 Å². The molecule has 3 rings (SSSR count). The number of pyridine rings is 1. The first-order valence-corrected chi connectivity index (χ1v) is 6.53. The van der Waals surface area contributed by atoms with E-state index in [2.05, 4.69) is 15.3 Å². The number of hydrogen-bond acceptors (Lipinski definition) is 5. The number of nitrogens with two attached hydrogens (primary N) is 1. The number of methoxy groups -OCH3 is 1. The number of benzene rings is 1. The summed E-state index contributed by atoms with van der Waals surface area (Å²) in [6.45, 7) is 0.321. The molecule has 0 spiro atoms. The fraction of sp³-hybridized carbons (Fsp3) is 0.133. The molecular weight excluding hydrogens is 266 g/mol. The SMILES string of the molecule is COc1cccc(-n2nnc(CN)c2-c2ccncc2)c1. The molecule has 106 valence electrons. The first-order chi connectivity index (χ1) is 10.3. The zero-order valence-electron chi connectivity index (χ0n) is 11.6. The van der Waals surface area contributed by atoms with Gasteiger partial charge in [0.25, 0.3) is 0 Å². The quantitative estimate of drug-likeness (QED) is 0.788. The maximum atomic E-state index is 5.78. The van der Waals surface area contributed by atoms with Crippen LogP contribution in [-0.2, 0) is 6.54 Å². The zero-order chi connectivity index (χ0) is 14.7. The van der Waals surface area contributed by atoms with Gasteiger partial charge in [-0.25, -0.2) is 4.68 Å². The second-order valence-electron chi connectivity index (χ2n) is 4.44. The van der Waals surface area contributed by atoms with Gasteiger partial charge in [-0.1, -0.05) is 11.3 Å². The largest absolute Gasteiger partial charge is 0.497 e. The van der Waals surface area contributed by atoms with Crippen molar-refractivity contribution < 1.29 is 4.74 Å². The van der Waals surface area contributed by atoms with Gasteiger partial charge < -0.3 is 10.5 Å². The van der Waals surface area contributed by atoms with Crippen LogP contribution in [0, 0.1) is 0 Å². The summed E-state index contributed by atoms with van der Waals surface area (Å²) in [4.78, 5) is 4.04. The molecule has 21 heavy (non-hydrogen) atoms. The van der Waals surface area contributed by atoms with Crippen LogP contribution in [0.25, 0.3) is 16.9 Å². The highest BCUT2D eigenvalue weighted by Gasteiger charge is 2.15. The summed E-state index contributed by atoms with van der Waals surface area (Å²) in [5.41, 5.74) is 9.23. The van der Waals surface area contributed by atoms with Crippen LogP contribution >= 0.6 is 0 Å². The summed E-state index contributed by atoms with van der Waals surface area (Å²) in [6.07, 6.45) is 3.47. The zero-order valence-corrected chi connectivity index (χ0v) is 11.6. The van der Waals surface area contributed by atoms with Gasteiger partial charge in [-0.2, -0.15) is 0 Å². The highest BCUT2D eigenvalue weighted by molar-refractivity contribution is 5.64. The Bertz CT molecular complexity index is 739. The molecule has 0 bridgehead atoms. The van der Waals surface area contributed by atoms with Gasteiger partial charge in [0.2, 0.25) is 0 Å². The van der Waals surface area contributed by atoms with Crippen LogP contribution in [0.15, 0.2) is 48.8 Å². The minimum atomic E-state index is 0.321. The van der Waals surface area contributed by atoms with E-state index in [1.54, 1.807) is 24.2 Å². The van der Waals surface area contributed by atoms with Gasteiger partial charge in [-0.05, 0) is 24.3 Å². The smallest absolute Gasteiger partial charge is 0.121 e. The highest BCUT2D eigenvalue weighted by Crippen LogP contribution is 2.26. The third-order valence-corrected chi connectivity index (χ3v) is 3.19. The predicted molar refractivity (Wildman–Crippen MR) is 79.0 cm³/mol. The van der Waals surface area contributed by atoms with Gasteiger partial charge in [0.05, 0.1) is 18.5 Å². The molecule has 1 aromatic carbocycles. The monoisotopic (exact) mass is 281 g/mol. The van der Waals surface area contributed by atoms with E-state index < -0.39 is 0 Å². The second kappa shape index (κ2) is 5.72. The maximum Gasteiger partial charge on any atom is 0.121 e. The molecule has 0 saturated heterocycles. The number of hydrogen-bond donors (Lipinski definition) is 1. The van der Waals surface area contributed by atoms with Gasteiger partial charge in [0.15, 0.2) is 0 Å². The standard InChI is InChI=1S/C15H15N5O/c1-21-13-4-2-3-12(9-13)20-15(14(10-16)18-19-20)11-5-7-17-8-6-11/h2-9H,10,16H2,1H3. The van der Waals surface area contributed by atoms with Crippen molar-refractivity contribution in [3.63, 3.8) is 0 Å². The molecule has 6 nitrogen and oxygen atoms in total. The molecule has 0 fully saturated rings. The van der Waals surface area contributed by atoms with E-state index in [1.807, 2.05) is 36.4 Å². The lowest BCUT2D eigenvalue weighted by molar-refractivity contribution is 0.414. The first kappa shape index (κ1) is 13.3. The van der Waals surface area contributed by atoms with Gasteiger partial charge in [-0.3, -0.25) is 4.98 Å². The third-order valence-electron chi connectivity index (χ3n) is 3.19. The predicted octanol–water partition coefficient (Wildman–Crippen LogP) is 1.80. The molecule has 0 amide bonds. The number of rotatable bonds is 4. The van der Waals surface area contributed by atoms with Crippen LogP contribution in [-0.4, -0.2) is 27.1 Å². The summed E-state index contributed by atoms with van der Waals surface area (Å²) in [6, 6.07) is 11.5. The first-order valence-electron chi connectivity index (χ1n) is 6.53. The van der Waals surface area contributed by atoms with Crippen molar-refractivity contribution >= 4 is 0 Å². The average molecular weight is 281 g/mol. The molecule has 0 aliphatic rings. The Hall–Kier alpha value is -2.73. The topological polar surface area (TPSA) is 78.8 Å². The molecule has 6 heteroatoms. The van der Waals surface area contributed by atoms with Crippen molar-refractivity contribution in [1.29, 1.82) is 0 Å². The summed E-state index contributed by atoms with van der Waals surface area (Å²) in [5, 5.41) is 8.39. The van der Waals surface area contributed by atoms with Crippen LogP contribution in [0.3, 0.4) is 0 Å². The second-order valence-corrected chi connectivity index (χ2v) is 4.44. The lowest BCUT2D eigenvalue weighted by atomic mass is 10.1. The molecule has 0 aliphatic carbocycles. The Balaban J connectivity index is 2.17. The van der Waals surface area contributed by atoms with Crippen molar-refractivity contribution in [3.8, 4) is 22.7 Å². The Kier molecular flexibility index (Phi) is 3.61. The minimum Gasteiger partial charge on any atom is -0.497 e. The van der Waals surface area contributed by atoms with Crippen molar-refractivity contribution in [2.75, 3.05) is 7.11 Å². The average Bonchev–Trinajstić information content (AvgIpc) is 2.99. The molecule has 0 aliphatic heterocycles. The van der Waals surface area contributed by atoms with Gasteiger partial charge in [-0.15, -0.1) is 5.10 Å². The lowest BCUT2D eigenvalue weighted by Crippen LogP contribution is -2.03. The fourth-order valence-corrected chi connectivity index (χ4v) is 2.17. The molecule has 2 N–H and O–H groups in total. The van der Waals surface area contributed by atoms with Gasteiger partial charge >= 0.3 is 0 Å². The van der Waals surface area contributed by atoms with Crippen LogP contribution in [0.1, 0.15) is 5.69 Å². The molecule has 0 unspecified atom stereocenters. The molecule has 0 radical (unpaired) electrons. The molecular formula is C15H15N5O. The number of aromatic nitrogens is 4. The Morgan fingerprint density at radius 3 is 2.71 bits per heavy atom.